The quantitative estimate of drug-likeness (QED) is 0.828. The van der Waals surface area contributed by atoms with Gasteiger partial charge in [-0.25, -0.2) is 0 Å². The summed E-state index contributed by atoms with van der Waals surface area (Å²) in [5.74, 6) is -0.591. The Morgan fingerprint density at radius 2 is 2.12 bits per heavy atom. The average Bonchev–Trinajstić information content (AvgIpc) is 3.01. The van der Waals surface area contributed by atoms with Crippen LogP contribution < -0.4 is 10.1 Å². The number of nitrogens with one attached hydrogen (secondary N) is 1. The monoisotopic (exact) mass is 378 g/mol. The number of hydrogen-bond donors (Lipinski definition) is 1. The van der Waals surface area contributed by atoms with E-state index in [1.807, 2.05) is 5.32 Å². The molecule has 1 fully saturated rings. The zero-order chi connectivity index (χ0) is 18.4. The Morgan fingerprint density at radius 1 is 1.36 bits per heavy atom. The van der Waals surface area contributed by atoms with Crippen molar-refractivity contribution in [3.8, 4) is 5.75 Å². The third kappa shape index (κ3) is 6.12. The van der Waals surface area contributed by atoms with Crippen LogP contribution in [0.1, 0.15) is 19.3 Å². The predicted octanol–water partition coefficient (Wildman–Crippen LogP) is 2.78. The van der Waals surface area contributed by atoms with Crippen molar-refractivity contribution < 1.29 is 27.5 Å². The number of halogens is 4. The molecule has 0 bridgehead atoms. The molecular weight excluding hydrogens is 361 g/mol. The largest absolute Gasteiger partial charge is 0.493 e. The SMILES string of the molecule is O=C(NCC(F)(F)F)C1CCCN1C(=O)CCOc1cccc(Cl)c1. The van der Waals surface area contributed by atoms with E-state index < -0.39 is 24.7 Å². The van der Waals surface area contributed by atoms with Crippen LogP contribution in [-0.2, 0) is 9.59 Å². The molecule has 1 unspecified atom stereocenters. The number of alkyl halides is 3. The number of carbonyl (C=O) groups excluding carboxylic acids is 2. The first kappa shape index (κ1) is 19.4. The van der Waals surface area contributed by atoms with Crippen molar-refractivity contribution in [1.29, 1.82) is 0 Å². The molecule has 1 N–H and O–H groups in total. The molecule has 5 nitrogen and oxygen atoms in total. The first-order chi connectivity index (χ1) is 11.8. The van der Waals surface area contributed by atoms with Crippen LogP contribution in [0.3, 0.4) is 0 Å². The average molecular weight is 379 g/mol. The van der Waals surface area contributed by atoms with E-state index in [9.17, 15) is 22.8 Å². The van der Waals surface area contributed by atoms with Gasteiger partial charge in [-0.2, -0.15) is 13.2 Å². The van der Waals surface area contributed by atoms with Gasteiger partial charge >= 0.3 is 6.18 Å². The van der Waals surface area contributed by atoms with Gasteiger partial charge in [0.05, 0.1) is 13.0 Å². The predicted molar refractivity (Wildman–Crippen MR) is 85.4 cm³/mol. The summed E-state index contributed by atoms with van der Waals surface area (Å²) in [4.78, 5) is 25.4. The highest BCUT2D eigenvalue weighted by molar-refractivity contribution is 6.30. The second-order valence-electron chi connectivity index (χ2n) is 5.63. The maximum atomic E-state index is 12.2. The second-order valence-corrected chi connectivity index (χ2v) is 6.07. The molecule has 1 aromatic carbocycles. The Balaban J connectivity index is 1.82. The minimum Gasteiger partial charge on any atom is -0.493 e. The fourth-order valence-corrected chi connectivity index (χ4v) is 2.78. The van der Waals surface area contributed by atoms with E-state index in [0.717, 1.165) is 0 Å². The standard InChI is InChI=1S/C16H18ClF3N2O3/c17-11-3-1-4-12(9-11)25-8-6-14(23)22-7-2-5-13(22)15(24)21-10-16(18,19)20/h1,3-4,9,13H,2,5-8,10H2,(H,21,24). The number of nitrogens with zero attached hydrogens (tertiary/aromatic N) is 1. The summed E-state index contributed by atoms with van der Waals surface area (Å²) in [6.45, 7) is -0.963. The molecule has 0 aliphatic carbocycles. The topological polar surface area (TPSA) is 58.6 Å². The lowest BCUT2D eigenvalue weighted by molar-refractivity contribution is -0.145. The minimum absolute atomic E-state index is 0.0234. The molecule has 1 aliphatic rings. The van der Waals surface area contributed by atoms with Gasteiger partial charge in [-0.05, 0) is 31.0 Å². The normalized spacial score (nSPS) is 17.4. The van der Waals surface area contributed by atoms with E-state index in [0.29, 0.717) is 30.2 Å². The van der Waals surface area contributed by atoms with E-state index in [2.05, 4.69) is 0 Å². The van der Waals surface area contributed by atoms with Gasteiger partial charge in [0.1, 0.15) is 18.3 Å². The first-order valence-corrected chi connectivity index (χ1v) is 8.16. The van der Waals surface area contributed by atoms with Crippen LogP contribution in [0.25, 0.3) is 0 Å². The molecule has 1 atom stereocenters. The van der Waals surface area contributed by atoms with Crippen LogP contribution in [-0.4, -0.2) is 48.6 Å². The number of ether oxygens (including phenoxy) is 1. The van der Waals surface area contributed by atoms with Crippen molar-refractivity contribution in [2.45, 2.75) is 31.5 Å². The first-order valence-electron chi connectivity index (χ1n) is 7.78. The Bertz CT molecular complexity index is 625. The Hall–Kier alpha value is -1.96. The lowest BCUT2D eigenvalue weighted by Crippen LogP contribution is -2.48. The van der Waals surface area contributed by atoms with Crippen molar-refractivity contribution in [3.63, 3.8) is 0 Å². The van der Waals surface area contributed by atoms with Gasteiger partial charge in [-0.15, -0.1) is 0 Å². The molecule has 2 rings (SSSR count). The van der Waals surface area contributed by atoms with Crippen molar-refractivity contribution in [2.75, 3.05) is 19.7 Å². The molecule has 1 heterocycles. The molecule has 138 valence electrons. The minimum atomic E-state index is -4.48. The van der Waals surface area contributed by atoms with Gasteiger partial charge in [-0.1, -0.05) is 17.7 Å². The van der Waals surface area contributed by atoms with Gasteiger partial charge in [0.25, 0.3) is 0 Å². The van der Waals surface area contributed by atoms with Crippen molar-refractivity contribution in [1.82, 2.24) is 10.2 Å². The molecule has 0 spiro atoms. The number of rotatable bonds is 6. The molecule has 1 aliphatic heterocycles. The number of hydrogen-bond acceptors (Lipinski definition) is 3. The lowest BCUT2D eigenvalue weighted by atomic mass is 10.2. The summed E-state index contributed by atoms with van der Waals surface area (Å²) < 4.78 is 42.0. The molecule has 0 radical (unpaired) electrons. The molecule has 25 heavy (non-hydrogen) atoms. The lowest BCUT2D eigenvalue weighted by Gasteiger charge is -2.24. The molecular formula is C16H18ClF3N2O3. The molecule has 9 heteroatoms. The fraction of sp³-hybridized carbons (Fsp3) is 0.500. The number of carbonyl (C=O) groups is 2. The van der Waals surface area contributed by atoms with Crippen LogP contribution in [0.15, 0.2) is 24.3 Å². The Labute approximate surface area is 148 Å². The fourth-order valence-electron chi connectivity index (χ4n) is 2.60. The summed E-state index contributed by atoms with van der Waals surface area (Å²) in [7, 11) is 0. The van der Waals surface area contributed by atoms with Crippen molar-refractivity contribution in [3.05, 3.63) is 29.3 Å². The van der Waals surface area contributed by atoms with Crippen LogP contribution >= 0.6 is 11.6 Å². The smallest absolute Gasteiger partial charge is 0.405 e. The highest BCUT2D eigenvalue weighted by atomic mass is 35.5. The summed E-state index contributed by atoms with van der Waals surface area (Å²) in [6.07, 6.45) is -3.53. The van der Waals surface area contributed by atoms with Gasteiger partial charge in [0, 0.05) is 11.6 Å². The zero-order valence-corrected chi connectivity index (χ0v) is 14.1. The Morgan fingerprint density at radius 3 is 2.80 bits per heavy atom. The summed E-state index contributed by atoms with van der Waals surface area (Å²) in [5, 5.41) is 2.34. The van der Waals surface area contributed by atoms with Crippen molar-refractivity contribution >= 4 is 23.4 Å². The van der Waals surface area contributed by atoms with Gasteiger partial charge in [0.15, 0.2) is 0 Å². The molecule has 0 aromatic heterocycles. The van der Waals surface area contributed by atoms with Crippen molar-refractivity contribution in [2.24, 2.45) is 0 Å². The van der Waals surface area contributed by atoms with Crippen LogP contribution in [0.4, 0.5) is 13.2 Å². The zero-order valence-electron chi connectivity index (χ0n) is 13.3. The van der Waals surface area contributed by atoms with E-state index >= 15 is 0 Å². The van der Waals surface area contributed by atoms with Gasteiger partial charge in [-0.3, -0.25) is 9.59 Å². The second kappa shape index (κ2) is 8.42. The molecule has 1 aromatic rings. The summed E-state index contributed by atoms with van der Waals surface area (Å²) in [5.41, 5.74) is 0. The maximum Gasteiger partial charge on any atom is 0.405 e. The maximum absolute atomic E-state index is 12.2. The third-order valence-corrected chi connectivity index (χ3v) is 3.95. The molecule has 2 amide bonds. The summed E-state index contributed by atoms with van der Waals surface area (Å²) in [6, 6.07) is 5.84. The molecule has 1 saturated heterocycles. The highest BCUT2D eigenvalue weighted by Gasteiger charge is 2.36. The summed E-state index contributed by atoms with van der Waals surface area (Å²) >= 11 is 5.83. The van der Waals surface area contributed by atoms with Gasteiger partial charge in [0.2, 0.25) is 11.8 Å². The van der Waals surface area contributed by atoms with E-state index in [4.69, 9.17) is 16.3 Å². The van der Waals surface area contributed by atoms with E-state index in [1.54, 1.807) is 24.3 Å². The van der Waals surface area contributed by atoms with E-state index in [-0.39, 0.29) is 18.9 Å². The van der Waals surface area contributed by atoms with Gasteiger partial charge < -0.3 is 15.0 Å². The number of benzene rings is 1. The highest BCUT2D eigenvalue weighted by Crippen LogP contribution is 2.21. The van der Waals surface area contributed by atoms with Crippen LogP contribution in [0.5, 0.6) is 5.75 Å². The number of amides is 2. The van der Waals surface area contributed by atoms with Crippen LogP contribution in [0.2, 0.25) is 5.02 Å². The van der Waals surface area contributed by atoms with Crippen LogP contribution in [0, 0.1) is 0 Å². The third-order valence-electron chi connectivity index (χ3n) is 3.72. The van der Waals surface area contributed by atoms with E-state index in [1.165, 1.54) is 4.90 Å². The number of likely N-dealkylation sites (tertiary alicyclic amines) is 1. The Kier molecular flexibility index (Phi) is 6.52. The molecule has 0 saturated carbocycles.